The van der Waals surface area contributed by atoms with E-state index in [-0.39, 0.29) is 51.5 Å². The van der Waals surface area contributed by atoms with Crippen LogP contribution in [0.15, 0.2) is 42.5 Å². The maximum atomic E-state index is 13.2. The lowest BCUT2D eigenvalue weighted by atomic mass is 9.80. The van der Waals surface area contributed by atoms with Gasteiger partial charge in [-0.15, -0.1) is 0 Å². The van der Waals surface area contributed by atoms with Gasteiger partial charge < -0.3 is 26.4 Å². The Morgan fingerprint density at radius 1 is 0.875 bits per heavy atom. The van der Waals surface area contributed by atoms with Crippen molar-refractivity contribution in [3.05, 3.63) is 75.8 Å². The summed E-state index contributed by atoms with van der Waals surface area (Å²) in [7, 11) is 0. The number of hydrogen-bond acceptors (Lipinski definition) is 7. The zero-order valence-corrected chi connectivity index (χ0v) is 17.8. The molecule has 0 unspecified atom stereocenters. The van der Waals surface area contributed by atoms with Gasteiger partial charge in [0.15, 0.2) is 0 Å². The Morgan fingerprint density at radius 3 is 2.28 bits per heavy atom. The first kappa shape index (κ1) is 21.2. The van der Waals surface area contributed by atoms with Gasteiger partial charge in [-0.3, -0.25) is 9.59 Å². The van der Waals surface area contributed by atoms with Gasteiger partial charge in [0, 0.05) is 23.4 Å². The summed E-state index contributed by atoms with van der Waals surface area (Å²) >= 11 is 0. The van der Waals surface area contributed by atoms with Gasteiger partial charge in [-0.05, 0) is 41.8 Å². The van der Waals surface area contributed by atoms with Crippen molar-refractivity contribution in [1.82, 2.24) is 0 Å². The number of hydrogen-bond donors (Lipinski definition) is 4. The molecule has 164 valence electrons. The third-order valence-corrected chi connectivity index (χ3v) is 5.41. The molecule has 7 nitrogen and oxygen atoms in total. The number of nitrogen functional groups attached to an aromatic ring is 2. The molecule has 0 radical (unpaired) electrons. The molecule has 3 aromatic carbocycles. The van der Waals surface area contributed by atoms with Crippen molar-refractivity contribution < 1.29 is 24.5 Å². The number of anilines is 2. The molecule has 0 spiro atoms. The van der Waals surface area contributed by atoms with Gasteiger partial charge in [0.25, 0.3) is 0 Å². The van der Waals surface area contributed by atoms with Crippen LogP contribution in [0.2, 0.25) is 0 Å². The molecule has 1 aliphatic carbocycles. The van der Waals surface area contributed by atoms with Crippen molar-refractivity contribution in [3.63, 3.8) is 0 Å². The first-order valence-electron chi connectivity index (χ1n) is 10.3. The van der Waals surface area contributed by atoms with Gasteiger partial charge >= 0.3 is 0 Å². The third-order valence-electron chi connectivity index (χ3n) is 5.41. The molecule has 0 heterocycles. The van der Waals surface area contributed by atoms with Crippen LogP contribution in [0.25, 0.3) is 0 Å². The summed E-state index contributed by atoms with van der Waals surface area (Å²) in [6, 6.07) is 11.5. The van der Waals surface area contributed by atoms with Crippen LogP contribution in [0.4, 0.5) is 11.4 Å². The SMILES string of the molecule is CC(C)COc1cccc(Cc2cc(N)c3c(c2O)C(=O)c2c(N)ccc(O)c2C3=O)c1. The molecule has 0 aromatic heterocycles. The number of rotatable bonds is 5. The van der Waals surface area contributed by atoms with Crippen molar-refractivity contribution in [2.24, 2.45) is 5.92 Å². The zero-order chi connectivity index (χ0) is 23.2. The molecule has 0 amide bonds. The Labute approximate surface area is 185 Å². The molecule has 0 fully saturated rings. The first-order chi connectivity index (χ1) is 15.2. The van der Waals surface area contributed by atoms with E-state index in [1.165, 1.54) is 18.2 Å². The van der Waals surface area contributed by atoms with E-state index in [0.29, 0.717) is 23.8 Å². The largest absolute Gasteiger partial charge is 0.507 e. The van der Waals surface area contributed by atoms with E-state index in [2.05, 4.69) is 13.8 Å². The molecule has 1 aliphatic rings. The van der Waals surface area contributed by atoms with Gasteiger partial charge in [0.2, 0.25) is 11.6 Å². The molecule has 6 N–H and O–H groups in total. The molecule has 0 aliphatic heterocycles. The minimum Gasteiger partial charge on any atom is -0.507 e. The Morgan fingerprint density at radius 2 is 1.56 bits per heavy atom. The Balaban J connectivity index is 1.77. The summed E-state index contributed by atoms with van der Waals surface area (Å²) in [5.41, 5.74) is 12.8. The Hall–Kier alpha value is -4.00. The van der Waals surface area contributed by atoms with Gasteiger partial charge in [-0.2, -0.15) is 0 Å². The van der Waals surface area contributed by atoms with Crippen molar-refractivity contribution in [1.29, 1.82) is 0 Å². The number of ether oxygens (including phenoxy) is 1. The van der Waals surface area contributed by atoms with Crippen LogP contribution >= 0.6 is 0 Å². The lowest BCUT2D eigenvalue weighted by molar-refractivity contribution is 0.0975. The number of benzene rings is 3. The molecule has 0 saturated heterocycles. The van der Waals surface area contributed by atoms with Crippen LogP contribution in [-0.2, 0) is 6.42 Å². The summed E-state index contributed by atoms with van der Waals surface area (Å²) in [5.74, 6) is -0.911. The lowest BCUT2D eigenvalue weighted by Crippen LogP contribution is -2.24. The van der Waals surface area contributed by atoms with E-state index >= 15 is 0 Å². The Kier molecular flexibility index (Phi) is 5.26. The monoisotopic (exact) mass is 432 g/mol. The minimum absolute atomic E-state index is 0.0418. The number of fused-ring (bicyclic) bond motifs is 2. The van der Waals surface area contributed by atoms with Crippen LogP contribution in [-0.4, -0.2) is 28.4 Å². The summed E-state index contributed by atoms with van der Waals surface area (Å²) < 4.78 is 5.76. The van der Waals surface area contributed by atoms with Crippen molar-refractivity contribution in [3.8, 4) is 17.2 Å². The molecule has 7 heteroatoms. The summed E-state index contributed by atoms with van der Waals surface area (Å²) in [6.45, 7) is 4.69. The molecule has 4 rings (SSSR count). The van der Waals surface area contributed by atoms with E-state index in [9.17, 15) is 19.8 Å². The predicted octanol–water partition coefficient (Wildman–Crippen LogP) is 3.66. The van der Waals surface area contributed by atoms with Crippen LogP contribution in [0.1, 0.15) is 56.8 Å². The predicted molar refractivity (Wildman–Crippen MR) is 121 cm³/mol. The van der Waals surface area contributed by atoms with Crippen LogP contribution in [0.5, 0.6) is 17.2 Å². The number of nitrogens with two attached hydrogens (primary N) is 2. The third kappa shape index (κ3) is 3.51. The van der Waals surface area contributed by atoms with Crippen LogP contribution in [0, 0.1) is 5.92 Å². The summed E-state index contributed by atoms with van der Waals surface area (Å²) in [6.07, 6.45) is 0.270. The number of carbonyl (C=O) groups excluding carboxylic acids is 2. The maximum absolute atomic E-state index is 13.2. The topological polar surface area (TPSA) is 136 Å². The van der Waals surface area contributed by atoms with Crippen LogP contribution in [0.3, 0.4) is 0 Å². The van der Waals surface area contributed by atoms with E-state index < -0.39 is 11.6 Å². The molecule has 3 aromatic rings. The number of aromatic hydroxyl groups is 2. The fourth-order valence-electron chi connectivity index (χ4n) is 3.91. The van der Waals surface area contributed by atoms with E-state index in [0.717, 1.165) is 5.56 Å². The highest BCUT2D eigenvalue weighted by Crippen LogP contribution is 2.43. The van der Waals surface area contributed by atoms with Crippen molar-refractivity contribution in [2.45, 2.75) is 20.3 Å². The molecular weight excluding hydrogens is 408 g/mol. The molecule has 32 heavy (non-hydrogen) atoms. The van der Waals surface area contributed by atoms with Crippen molar-refractivity contribution in [2.75, 3.05) is 18.1 Å². The van der Waals surface area contributed by atoms with E-state index in [1.807, 2.05) is 24.3 Å². The number of phenolic OH excluding ortho intramolecular Hbond substituents is 2. The average Bonchev–Trinajstić information content (AvgIpc) is 2.74. The molecular formula is C25H24N2O5. The standard InChI is InChI=1S/C25H24N2O5/c1-12(2)11-32-15-5-3-4-13(9-15)8-14-10-17(27)20-22(23(14)29)25(31)19-16(26)6-7-18(28)21(19)24(20)30/h3-7,9-10,12,28-29H,8,11,26-27H2,1-2H3. The van der Waals surface area contributed by atoms with Gasteiger partial charge in [0.1, 0.15) is 17.2 Å². The second-order valence-electron chi connectivity index (χ2n) is 8.33. The normalized spacial score (nSPS) is 12.6. The second-order valence-corrected chi connectivity index (χ2v) is 8.33. The smallest absolute Gasteiger partial charge is 0.200 e. The summed E-state index contributed by atoms with van der Waals surface area (Å²) in [4.78, 5) is 26.3. The minimum atomic E-state index is -0.650. The van der Waals surface area contributed by atoms with Gasteiger partial charge in [-0.25, -0.2) is 0 Å². The second kappa shape index (κ2) is 7.92. The molecule has 0 bridgehead atoms. The summed E-state index contributed by atoms with van der Waals surface area (Å²) in [5, 5.41) is 21.1. The van der Waals surface area contributed by atoms with Crippen molar-refractivity contribution >= 4 is 22.9 Å². The fraction of sp³-hybridized carbons (Fsp3) is 0.200. The van der Waals surface area contributed by atoms with Gasteiger partial charge in [-0.1, -0.05) is 26.0 Å². The van der Waals surface area contributed by atoms with E-state index in [4.69, 9.17) is 16.2 Å². The zero-order valence-electron chi connectivity index (χ0n) is 17.8. The highest BCUT2D eigenvalue weighted by Gasteiger charge is 2.38. The molecule has 0 saturated carbocycles. The highest BCUT2D eigenvalue weighted by atomic mass is 16.5. The number of phenols is 2. The van der Waals surface area contributed by atoms with Crippen LogP contribution < -0.4 is 16.2 Å². The Bertz CT molecular complexity index is 1260. The van der Waals surface area contributed by atoms with Gasteiger partial charge in [0.05, 0.1) is 28.9 Å². The quantitative estimate of drug-likeness (QED) is 0.279. The fourth-order valence-corrected chi connectivity index (χ4v) is 3.91. The number of carbonyl (C=O) groups is 2. The molecule has 0 atom stereocenters. The highest BCUT2D eigenvalue weighted by molar-refractivity contribution is 6.33. The average molecular weight is 432 g/mol. The maximum Gasteiger partial charge on any atom is 0.200 e. The van der Waals surface area contributed by atoms with E-state index in [1.54, 1.807) is 0 Å². The first-order valence-corrected chi connectivity index (χ1v) is 10.3. The lowest BCUT2D eigenvalue weighted by Gasteiger charge is -2.23. The number of ketones is 2.